The molecule has 2 N–H and O–H groups in total. The van der Waals surface area contributed by atoms with Crippen LogP contribution in [0.5, 0.6) is 5.75 Å². The molecule has 0 saturated carbocycles. The molecule has 0 atom stereocenters. The molecule has 1 aromatic heterocycles. The van der Waals surface area contributed by atoms with Crippen molar-refractivity contribution in [2.75, 3.05) is 17.7 Å². The maximum Gasteiger partial charge on any atom is 0.274 e. The van der Waals surface area contributed by atoms with Crippen molar-refractivity contribution in [1.29, 1.82) is 0 Å². The van der Waals surface area contributed by atoms with Crippen LogP contribution in [0.1, 0.15) is 46.2 Å². The van der Waals surface area contributed by atoms with Gasteiger partial charge in [-0.25, -0.2) is 0 Å². The van der Waals surface area contributed by atoms with Crippen molar-refractivity contribution in [3.8, 4) is 5.75 Å². The minimum Gasteiger partial charge on any atom is -0.497 e. The first-order valence-corrected chi connectivity index (χ1v) is 9.29. The number of rotatable bonds is 6. The summed E-state index contributed by atoms with van der Waals surface area (Å²) < 4.78 is 5.16. The molecule has 0 aliphatic rings. The molecular formula is C23H23N3O3. The predicted molar refractivity (Wildman–Crippen MR) is 114 cm³/mol. The zero-order chi connectivity index (χ0) is 20.8. The van der Waals surface area contributed by atoms with Crippen molar-refractivity contribution in [3.05, 3.63) is 83.7 Å². The first kappa shape index (κ1) is 20.1. The van der Waals surface area contributed by atoms with Gasteiger partial charge in [-0.05, 0) is 41.8 Å². The van der Waals surface area contributed by atoms with Crippen LogP contribution < -0.4 is 15.4 Å². The molecule has 0 fully saturated rings. The summed E-state index contributed by atoms with van der Waals surface area (Å²) in [4.78, 5) is 29.4. The Kier molecular flexibility index (Phi) is 6.24. The minimum atomic E-state index is -0.407. The lowest BCUT2D eigenvalue weighted by Crippen LogP contribution is -2.17. The van der Waals surface area contributed by atoms with E-state index in [1.807, 2.05) is 24.3 Å². The fourth-order valence-electron chi connectivity index (χ4n) is 2.90. The molecule has 0 spiro atoms. The van der Waals surface area contributed by atoms with Crippen LogP contribution >= 0.6 is 0 Å². The summed E-state index contributed by atoms with van der Waals surface area (Å²) in [5.41, 5.74) is 2.89. The fraction of sp³-hybridized carbons (Fsp3) is 0.174. The highest BCUT2D eigenvalue weighted by atomic mass is 16.5. The van der Waals surface area contributed by atoms with Gasteiger partial charge in [0.25, 0.3) is 11.8 Å². The van der Waals surface area contributed by atoms with E-state index in [0.29, 0.717) is 17.0 Å². The standard InChI is InChI=1S/C23H23N3O3/c1-15(2)19-9-4-5-10-20(19)26-22(27)16-11-12-24-21(13-16)23(28)25-17-7-6-8-18(14-17)29-3/h4-15H,1-3H3,(H,25,28)(H,26,27). The Bertz CT molecular complexity index is 1030. The van der Waals surface area contributed by atoms with Crippen molar-refractivity contribution < 1.29 is 14.3 Å². The molecule has 6 heteroatoms. The van der Waals surface area contributed by atoms with E-state index < -0.39 is 5.91 Å². The maximum absolute atomic E-state index is 12.7. The summed E-state index contributed by atoms with van der Waals surface area (Å²) in [5, 5.41) is 5.68. The predicted octanol–water partition coefficient (Wildman–Crippen LogP) is 4.72. The highest BCUT2D eigenvalue weighted by Crippen LogP contribution is 2.24. The van der Waals surface area contributed by atoms with Crippen LogP contribution in [0, 0.1) is 0 Å². The summed E-state index contributed by atoms with van der Waals surface area (Å²) in [7, 11) is 1.56. The van der Waals surface area contributed by atoms with Crippen LogP contribution in [-0.4, -0.2) is 23.9 Å². The van der Waals surface area contributed by atoms with Gasteiger partial charge < -0.3 is 15.4 Å². The SMILES string of the molecule is COc1cccc(NC(=O)c2cc(C(=O)Nc3ccccc3C(C)C)ccn2)c1. The summed E-state index contributed by atoms with van der Waals surface area (Å²) in [6.45, 7) is 4.14. The number of hydrogen-bond acceptors (Lipinski definition) is 4. The van der Waals surface area contributed by atoms with Crippen LogP contribution in [0.2, 0.25) is 0 Å². The van der Waals surface area contributed by atoms with Crippen molar-refractivity contribution in [2.24, 2.45) is 0 Å². The molecule has 3 rings (SSSR count). The number of hydrogen-bond donors (Lipinski definition) is 2. The number of nitrogens with zero attached hydrogens (tertiary/aromatic N) is 1. The Hall–Kier alpha value is -3.67. The number of aromatic nitrogens is 1. The molecular weight excluding hydrogens is 366 g/mol. The summed E-state index contributed by atoms with van der Waals surface area (Å²) in [6, 6.07) is 17.7. The topological polar surface area (TPSA) is 80.3 Å². The second-order valence-electron chi connectivity index (χ2n) is 6.81. The van der Waals surface area contributed by atoms with Crippen molar-refractivity contribution in [2.45, 2.75) is 19.8 Å². The van der Waals surface area contributed by atoms with Gasteiger partial charge in [0.2, 0.25) is 0 Å². The quantitative estimate of drug-likeness (QED) is 0.639. The van der Waals surface area contributed by atoms with Gasteiger partial charge in [0.1, 0.15) is 11.4 Å². The maximum atomic E-state index is 12.7. The van der Waals surface area contributed by atoms with Crippen molar-refractivity contribution in [3.63, 3.8) is 0 Å². The van der Waals surface area contributed by atoms with Gasteiger partial charge >= 0.3 is 0 Å². The van der Waals surface area contributed by atoms with Gasteiger partial charge in [-0.1, -0.05) is 38.1 Å². The number of benzene rings is 2. The molecule has 2 aromatic carbocycles. The number of para-hydroxylation sites is 1. The normalized spacial score (nSPS) is 10.5. The zero-order valence-electron chi connectivity index (χ0n) is 16.6. The third-order valence-electron chi connectivity index (χ3n) is 4.41. The Morgan fingerprint density at radius 1 is 0.931 bits per heavy atom. The van der Waals surface area contributed by atoms with E-state index in [2.05, 4.69) is 29.5 Å². The highest BCUT2D eigenvalue weighted by Gasteiger charge is 2.14. The van der Waals surface area contributed by atoms with Crippen molar-refractivity contribution >= 4 is 23.2 Å². The van der Waals surface area contributed by atoms with Crippen LogP contribution in [0.4, 0.5) is 11.4 Å². The Morgan fingerprint density at radius 2 is 1.72 bits per heavy atom. The third kappa shape index (κ3) is 4.99. The number of methoxy groups -OCH3 is 1. The van der Waals surface area contributed by atoms with Gasteiger partial charge in [0, 0.05) is 29.2 Å². The molecule has 1 heterocycles. The van der Waals surface area contributed by atoms with E-state index in [4.69, 9.17) is 4.74 Å². The second-order valence-corrected chi connectivity index (χ2v) is 6.81. The zero-order valence-corrected chi connectivity index (χ0v) is 16.6. The molecule has 0 saturated heterocycles. The molecule has 148 valence electrons. The second kappa shape index (κ2) is 9.01. The minimum absolute atomic E-state index is 0.151. The summed E-state index contributed by atoms with van der Waals surface area (Å²) >= 11 is 0. The Balaban J connectivity index is 1.76. The van der Waals surface area contributed by atoms with E-state index in [1.54, 1.807) is 37.4 Å². The smallest absolute Gasteiger partial charge is 0.274 e. The molecule has 3 aromatic rings. The average molecular weight is 389 g/mol. The van der Waals surface area contributed by atoms with E-state index in [0.717, 1.165) is 11.3 Å². The first-order valence-electron chi connectivity index (χ1n) is 9.29. The number of nitrogens with one attached hydrogen (secondary N) is 2. The van der Waals surface area contributed by atoms with E-state index in [-0.39, 0.29) is 17.5 Å². The van der Waals surface area contributed by atoms with Crippen LogP contribution in [0.25, 0.3) is 0 Å². The number of carbonyl (C=O) groups is 2. The average Bonchev–Trinajstić information content (AvgIpc) is 2.74. The largest absolute Gasteiger partial charge is 0.497 e. The lowest BCUT2D eigenvalue weighted by molar-refractivity contribution is 0.102. The van der Waals surface area contributed by atoms with Gasteiger partial charge in [-0.15, -0.1) is 0 Å². The van der Waals surface area contributed by atoms with Crippen LogP contribution in [-0.2, 0) is 0 Å². The summed E-state index contributed by atoms with van der Waals surface area (Å²) in [6.07, 6.45) is 1.45. The van der Waals surface area contributed by atoms with E-state index >= 15 is 0 Å². The van der Waals surface area contributed by atoms with Gasteiger partial charge in [-0.2, -0.15) is 0 Å². The lowest BCUT2D eigenvalue weighted by Gasteiger charge is -2.14. The lowest BCUT2D eigenvalue weighted by atomic mass is 10.0. The molecule has 0 aliphatic heterocycles. The van der Waals surface area contributed by atoms with Crippen molar-refractivity contribution in [1.82, 2.24) is 4.98 Å². The number of amides is 2. The van der Waals surface area contributed by atoms with Gasteiger partial charge in [0.15, 0.2) is 0 Å². The first-order chi connectivity index (χ1) is 14.0. The highest BCUT2D eigenvalue weighted by molar-refractivity contribution is 6.08. The monoisotopic (exact) mass is 389 g/mol. The number of anilines is 2. The molecule has 2 amide bonds. The van der Waals surface area contributed by atoms with E-state index in [9.17, 15) is 9.59 Å². The molecule has 29 heavy (non-hydrogen) atoms. The molecule has 0 unspecified atom stereocenters. The van der Waals surface area contributed by atoms with Crippen LogP contribution in [0.3, 0.4) is 0 Å². The number of carbonyl (C=O) groups excluding carboxylic acids is 2. The number of ether oxygens (including phenoxy) is 1. The van der Waals surface area contributed by atoms with Crippen LogP contribution in [0.15, 0.2) is 66.9 Å². The molecule has 6 nitrogen and oxygen atoms in total. The summed E-state index contributed by atoms with van der Waals surface area (Å²) in [5.74, 6) is 0.201. The van der Waals surface area contributed by atoms with E-state index in [1.165, 1.54) is 12.3 Å². The number of pyridine rings is 1. The Morgan fingerprint density at radius 3 is 2.48 bits per heavy atom. The molecule has 0 bridgehead atoms. The molecule has 0 aliphatic carbocycles. The van der Waals surface area contributed by atoms with Gasteiger partial charge in [-0.3, -0.25) is 14.6 Å². The Labute approximate surface area is 169 Å². The molecule has 0 radical (unpaired) electrons. The van der Waals surface area contributed by atoms with Gasteiger partial charge in [0.05, 0.1) is 7.11 Å². The third-order valence-corrected chi connectivity index (χ3v) is 4.41. The fourth-order valence-corrected chi connectivity index (χ4v) is 2.90.